The van der Waals surface area contributed by atoms with Crippen molar-refractivity contribution in [2.24, 2.45) is 11.8 Å². The van der Waals surface area contributed by atoms with Crippen molar-refractivity contribution in [3.05, 3.63) is 59.7 Å². The topological polar surface area (TPSA) is 75.3 Å². The molecule has 5 nitrogen and oxygen atoms in total. The highest BCUT2D eigenvalue weighted by Gasteiger charge is 2.40. The first kappa shape index (κ1) is 18.0. The monoisotopic (exact) mass is 384 g/mol. The van der Waals surface area contributed by atoms with Gasteiger partial charge in [-0.15, -0.1) is 0 Å². The Kier molecular flexibility index (Phi) is 4.68. The molecule has 1 amide bonds. The van der Waals surface area contributed by atoms with Crippen molar-refractivity contribution in [1.29, 1.82) is 0 Å². The number of amides is 1. The van der Waals surface area contributed by atoms with Gasteiger partial charge >= 0.3 is 0 Å². The van der Waals surface area contributed by atoms with E-state index in [9.17, 15) is 13.2 Å². The summed E-state index contributed by atoms with van der Waals surface area (Å²) in [6.07, 6.45) is 4.71. The maximum Gasteiger partial charge on any atom is 0.261 e. The van der Waals surface area contributed by atoms with Crippen LogP contribution < -0.4 is 10.0 Å². The Bertz CT molecular complexity index is 971. The number of hydrogen-bond acceptors (Lipinski definition) is 3. The van der Waals surface area contributed by atoms with E-state index in [0.29, 0.717) is 17.2 Å². The van der Waals surface area contributed by atoms with Crippen molar-refractivity contribution in [2.75, 3.05) is 4.72 Å². The third kappa shape index (κ3) is 3.86. The van der Waals surface area contributed by atoms with Crippen LogP contribution in [0.3, 0.4) is 0 Å². The predicted molar refractivity (Wildman–Crippen MR) is 105 cm³/mol. The van der Waals surface area contributed by atoms with Gasteiger partial charge in [-0.05, 0) is 73.9 Å². The molecular weight excluding hydrogens is 360 g/mol. The maximum absolute atomic E-state index is 12.7. The van der Waals surface area contributed by atoms with E-state index in [1.54, 1.807) is 30.3 Å². The molecule has 0 radical (unpaired) electrons. The van der Waals surface area contributed by atoms with Gasteiger partial charge in [-0.3, -0.25) is 9.52 Å². The Morgan fingerprint density at radius 2 is 1.85 bits per heavy atom. The Morgan fingerprint density at radius 3 is 2.56 bits per heavy atom. The van der Waals surface area contributed by atoms with E-state index in [-0.39, 0.29) is 16.8 Å². The number of fused-ring (bicyclic) bond motifs is 2. The lowest BCUT2D eigenvalue weighted by molar-refractivity contribution is 0.0922. The number of rotatable bonds is 5. The van der Waals surface area contributed by atoms with Crippen LogP contribution in [-0.4, -0.2) is 20.4 Å². The number of carbonyl (C=O) groups excluding carboxylic acids is 1. The summed E-state index contributed by atoms with van der Waals surface area (Å²) < 4.78 is 28.0. The van der Waals surface area contributed by atoms with Gasteiger partial charge in [-0.1, -0.05) is 24.6 Å². The Morgan fingerprint density at radius 1 is 1.04 bits per heavy atom. The zero-order chi connectivity index (χ0) is 19.0. The molecule has 2 aromatic rings. The van der Waals surface area contributed by atoms with Gasteiger partial charge in [0.2, 0.25) is 0 Å². The number of carbonyl (C=O) groups is 1. The average molecular weight is 385 g/mol. The Hall–Kier alpha value is -2.34. The van der Waals surface area contributed by atoms with E-state index in [1.165, 1.54) is 31.4 Å². The summed E-state index contributed by atoms with van der Waals surface area (Å²) in [5, 5.41) is 3.11. The van der Waals surface area contributed by atoms with Crippen LogP contribution in [0.15, 0.2) is 53.4 Å². The van der Waals surface area contributed by atoms with Gasteiger partial charge in [-0.25, -0.2) is 8.42 Å². The van der Waals surface area contributed by atoms with Crippen LogP contribution in [0.5, 0.6) is 0 Å². The zero-order valence-electron chi connectivity index (χ0n) is 15.3. The number of sulfonamides is 1. The molecule has 2 aliphatic carbocycles. The summed E-state index contributed by atoms with van der Waals surface area (Å²) in [4.78, 5) is 12.7. The molecular formula is C21H24N2O3S. The largest absolute Gasteiger partial charge is 0.349 e. The van der Waals surface area contributed by atoms with E-state index in [1.807, 2.05) is 13.0 Å². The van der Waals surface area contributed by atoms with Crippen LogP contribution in [-0.2, 0) is 10.0 Å². The second-order valence-corrected chi connectivity index (χ2v) is 9.44. The van der Waals surface area contributed by atoms with Crippen LogP contribution in [0, 0.1) is 18.8 Å². The predicted octanol–water partition coefficient (Wildman–Crippen LogP) is 3.71. The average Bonchev–Trinajstić information content (AvgIpc) is 3.24. The number of benzene rings is 2. The first-order chi connectivity index (χ1) is 12.9. The Balaban J connectivity index is 1.50. The number of anilines is 1. The summed E-state index contributed by atoms with van der Waals surface area (Å²) in [6.45, 7) is 1.90. The standard InChI is InChI=1S/C21H24N2O3S/c1-14-4-2-6-18(10-14)23-27(25,26)19-7-3-5-17(13-19)21(24)22-20-12-15-8-9-16(20)11-15/h2-7,10,13,15-16,20,23H,8-9,11-12H2,1H3,(H,22,24)/t15-,16-,20+/m1/s1. The van der Waals surface area contributed by atoms with Gasteiger partial charge in [0.25, 0.3) is 15.9 Å². The summed E-state index contributed by atoms with van der Waals surface area (Å²) in [7, 11) is -3.75. The molecule has 4 rings (SSSR count). The molecule has 2 saturated carbocycles. The van der Waals surface area contributed by atoms with Gasteiger partial charge in [0.1, 0.15) is 0 Å². The Labute approximate surface area is 160 Å². The molecule has 2 N–H and O–H groups in total. The number of nitrogens with one attached hydrogen (secondary N) is 2. The van der Waals surface area contributed by atoms with Crippen molar-refractivity contribution in [1.82, 2.24) is 5.32 Å². The van der Waals surface area contributed by atoms with Crippen molar-refractivity contribution in [2.45, 2.75) is 43.5 Å². The molecule has 2 aliphatic rings. The lowest BCUT2D eigenvalue weighted by Gasteiger charge is -2.23. The second-order valence-electron chi connectivity index (χ2n) is 7.76. The minimum Gasteiger partial charge on any atom is -0.349 e. The molecule has 2 bridgehead atoms. The molecule has 27 heavy (non-hydrogen) atoms. The van der Waals surface area contributed by atoms with Crippen LogP contribution in [0.4, 0.5) is 5.69 Å². The molecule has 0 heterocycles. The highest BCUT2D eigenvalue weighted by Crippen LogP contribution is 2.44. The molecule has 6 heteroatoms. The minimum atomic E-state index is -3.75. The second kappa shape index (κ2) is 7.00. The van der Waals surface area contributed by atoms with Crippen molar-refractivity contribution < 1.29 is 13.2 Å². The van der Waals surface area contributed by atoms with Crippen LogP contribution in [0.25, 0.3) is 0 Å². The molecule has 2 aromatic carbocycles. The molecule has 0 aromatic heterocycles. The smallest absolute Gasteiger partial charge is 0.261 e. The van der Waals surface area contributed by atoms with Crippen molar-refractivity contribution >= 4 is 21.6 Å². The summed E-state index contributed by atoms with van der Waals surface area (Å²) in [5.74, 6) is 1.12. The van der Waals surface area contributed by atoms with Crippen LogP contribution in [0.1, 0.15) is 41.6 Å². The van der Waals surface area contributed by atoms with Crippen LogP contribution in [0.2, 0.25) is 0 Å². The molecule has 2 fully saturated rings. The summed E-state index contributed by atoms with van der Waals surface area (Å²) in [5.41, 5.74) is 1.85. The molecule has 142 valence electrons. The number of hydrogen-bond donors (Lipinski definition) is 2. The van der Waals surface area contributed by atoms with E-state index >= 15 is 0 Å². The van der Waals surface area contributed by atoms with E-state index < -0.39 is 10.0 Å². The quantitative estimate of drug-likeness (QED) is 0.825. The SMILES string of the molecule is Cc1cccc(NS(=O)(=O)c2cccc(C(=O)N[C@H]3C[C@@H]4CC[C@@H]3C4)c2)c1. The lowest BCUT2D eigenvalue weighted by atomic mass is 9.95. The van der Waals surface area contributed by atoms with Gasteiger partial charge in [-0.2, -0.15) is 0 Å². The minimum absolute atomic E-state index is 0.0876. The number of aryl methyl sites for hydroxylation is 1. The third-order valence-corrected chi connectivity index (χ3v) is 7.11. The summed E-state index contributed by atoms with van der Waals surface area (Å²) >= 11 is 0. The fourth-order valence-electron chi connectivity index (χ4n) is 4.40. The normalized spacial score (nSPS) is 24.0. The molecule has 0 saturated heterocycles. The fourth-order valence-corrected chi connectivity index (χ4v) is 5.50. The van der Waals surface area contributed by atoms with Crippen molar-refractivity contribution in [3.8, 4) is 0 Å². The lowest BCUT2D eigenvalue weighted by Crippen LogP contribution is -2.38. The molecule has 3 atom stereocenters. The first-order valence-electron chi connectivity index (χ1n) is 9.41. The maximum atomic E-state index is 12.7. The molecule has 0 unspecified atom stereocenters. The van der Waals surface area contributed by atoms with Gasteiger partial charge < -0.3 is 5.32 Å². The zero-order valence-corrected chi connectivity index (χ0v) is 16.1. The van der Waals surface area contributed by atoms with E-state index in [0.717, 1.165) is 17.9 Å². The molecule has 0 spiro atoms. The van der Waals surface area contributed by atoms with Gasteiger partial charge in [0.15, 0.2) is 0 Å². The van der Waals surface area contributed by atoms with E-state index in [4.69, 9.17) is 0 Å². The summed E-state index contributed by atoms with van der Waals surface area (Å²) in [6, 6.07) is 13.6. The van der Waals surface area contributed by atoms with E-state index in [2.05, 4.69) is 10.0 Å². The van der Waals surface area contributed by atoms with Gasteiger partial charge in [0, 0.05) is 17.3 Å². The highest BCUT2D eigenvalue weighted by molar-refractivity contribution is 7.92. The van der Waals surface area contributed by atoms with Gasteiger partial charge in [0.05, 0.1) is 4.90 Å². The van der Waals surface area contributed by atoms with Crippen LogP contribution >= 0.6 is 0 Å². The first-order valence-corrected chi connectivity index (χ1v) is 10.9. The molecule has 0 aliphatic heterocycles. The van der Waals surface area contributed by atoms with Crippen molar-refractivity contribution in [3.63, 3.8) is 0 Å². The fraction of sp³-hybridized carbons (Fsp3) is 0.381. The highest BCUT2D eigenvalue weighted by atomic mass is 32.2. The third-order valence-electron chi connectivity index (χ3n) is 5.73.